The van der Waals surface area contributed by atoms with E-state index in [1.54, 1.807) is 25.5 Å². The molecule has 0 unspecified atom stereocenters. The normalized spacial score (nSPS) is 12.3. The Kier molecular flexibility index (Phi) is 4.06. The van der Waals surface area contributed by atoms with Crippen molar-refractivity contribution in [2.45, 2.75) is 18.9 Å². The van der Waals surface area contributed by atoms with Gasteiger partial charge < -0.3 is 10.3 Å². The highest BCUT2D eigenvalue weighted by Gasteiger charge is 2.25. The summed E-state index contributed by atoms with van der Waals surface area (Å²) in [4.78, 5) is 4.03. The van der Waals surface area contributed by atoms with Crippen molar-refractivity contribution in [1.29, 1.82) is 0 Å². The molecule has 0 aliphatic carbocycles. The van der Waals surface area contributed by atoms with Crippen molar-refractivity contribution >= 4 is 10.0 Å². The molecule has 0 fully saturated rings. The average molecular weight is 246 g/mol. The molecule has 1 rings (SSSR count). The number of sulfonamides is 1. The quantitative estimate of drug-likeness (QED) is 0.773. The van der Waals surface area contributed by atoms with E-state index < -0.39 is 10.0 Å². The Bertz CT molecular complexity index is 433. The van der Waals surface area contributed by atoms with Crippen LogP contribution >= 0.6 is 0 Å². The van der Waals surface area contributed by atoms with Crippen LogP contribution in [0.15, 0.2) is 11.2 Å². The summed E-state index contributed by atoms with van der Waals surface area (Å²) in [6, 6.07) is 0. The minimum Gasteiger partial charge on any atom is -0.337 e. The molecule has 16 heavy (non-hydrogen) atoms. The van der Waals surface area contributed by atoms with E-state index in [-0.39, 0.29) is 5.03 Å². The van der Waals surface area contributed by atoms with Gasteiger partial charge in [-0.2, -0.15) is 4.31 Å². The molecule has 0 saturated heterocycles. The predicted molar refractivity (Wildman–Crippen MR) is 61.4 cm³/mol. The molecule has 0 aliphatic heterocycles. The second-order valence-electron chi connectivity index (χ2n) is 3.52. The summed E-state index contributed by atoms with van der Waals surface area (Å²) in [5, 5.41) is 0.0859. The van der Waals surface area contributed by atoms with Gasteiger partial charge in [0.1, 0.15) is 5.82 Å². The molecule has 1 aromatic rings. The van der Waals surface area contributed by atoms with Crippen LogP contribution in [0.2, 0.25) is 0 Å². The van der Waals surface area contributed by atoms with Crippen LogP contribution in [0.3, 0.4) is 0 Å². The number of aryl methyl sites for hydroxylation is 2. The molecule has 2 N–H and O–H groups in total. The number of hydrogen-bond acceptors (Lipinski definition) is 4. The van der Waals surface area contributed by atoms with Crippen molar-refractivity contribution in [2.24, 2.45) is 12.8 Å². The van der Waals surface area contributed by atoms with E-state index >= 15 is 0 Å². The molecule has 1 heterocycles. The van der Waals surface area contributed by atoms with Crippen LogP contribution < -0.4 is 5.73 Å². The van der Waals surface area contributed by atoms with Gasteiger partial charge >= 0.3 is 0 Å². The van der Waals surface area contributed by atoms with Crippen molar-refractivity contribution in [3.8, 4) is 0 Å². The first-order valence-corrected chi connectivity index (χ1v) is 6.57. The molecule has 0 aliphatic rings. The summed E-state index contributed by atoms with van der Waals surface area (Å²) in [5.74, 6) is 0.669. The highest BCUT2D eigenvalue weighted by atomic mass is 32.2. The predicted octanol–water partition coefficient (Wildman–Crippen LogP) is -0.302. The van der Waals surface area contributed by atoms with Crippen molar-refractivity contribution in [3.63, 3.8) is 0 Å². The lowest BCUT2D eigenvalue weighted by Gasteiger charge is -2.17. The third kappa shape index (κ3) is 2.42. The van der Waals surface area contributed by atoms with Crippen LogP contribution in [0.25, 0.3) is 0 Å². The van der Waals surface area contributed by atoms with E-state index in [9.17, 15) is 8.42 Å². The summed E-state index contributed by atoms with van der Waals surface area (Å²) in [6.45, 7) is 4.56. The highest BCUT2D eigenvalue weighted by Crippen LogP contribution is 2.13. The molecule has 0 bridgehead atoms. The van der Waals surface area contributed by atoms with Crippen LogP contribution in [-0.4, -0.2) is 41.9 Å². The number of nitrogens with two attached hydrogens (primary N) is 1. The maximum Gasteiger partial charge on any atom is 0.262 e. The summed E-state index contributed by atoms with van der Waals surface area (Å²) in [7, 11) is -1.73. The molecular formula is C9H18N4O2S. The Morgan fingerprint density at radius 2 is 2.19 bits per heavy atom. The van der Waals surface area contributed by atoms with Crippen molar-refractivity contribution in [3.05, 3.63) is 12.0 Å². The van der Waals surface area contributed by atoms with Crippen LogP contribution in [-0.2, 0) is 17.1 Å². The van der Waals surface area contributed by atoms with Gasteiger partial charge in [0, 0.05) is 32.9 Å². The average Bonchev–Trinajstić information content (AvgIpc) is 2.56. The monoisotopic (exact) mass is 246 g/mol. The Morgan fingerprint density at radius 3 is 2.56 bits per heavy atom. The summed E-state index contributed by atoms with van der Waals surface area (Å²) in [5.41, 5.74) is 5.38. The Labute approximate surface area is 96.1 Å². The van der Waals surface area contributed by atoms with Crippen molar-refractivity contribution in [1.82, 2.24) is 13.9 Å². The minimum atomic E-state index is -3.49. The van der Waals surface area contributed by atoms with Gasteiger partial charge in [-0.25, -0.2) is 13.4 Å². The van der Waals surface area contributed by atoms with Gasteiger partial charge in [0.15, 0.2) is 5.03 Å². The Balaban J connectivity index is 3.09. The van der Waals surface area contributed by atoms with Crippen LogP contribution in [0.1, 0.15) is 12.7 Å². The lowest BCUT2D eigenvalue weighted by Crippen LogP contribution is -2.35. The number of imidazole rings is 1. The molecular weight excluding hydrogens is 228 g/mol. The first kappa shape index (κ1) is 13.1. The molecule has 0 saturated carbocycles. The molecule has 0 aromatic carbocycles. The summed E-state index contributed by atoms with van der Waals surface area (Å²) in [6.07, 6.45) is 1.52. The largest absolute Gasteiger partial charge is 0.337 e. The van der Waals surface area contributed by atoms with Crippen molar-refractivity contribution in [2.75, 3.05) is 19.6 Å². The van der Waals surface area contributed by atoms with Gasteiger partial charge in [0.2, 0.25) is 0 Å². The zero-order chi connectivity index (χ0) is 12.3. The van der Waals surface area contributed by atoms with E-state index in [4.69, 9.17) is 5.73 Å². The Hall–Kier alpha value is -0.920. The lowest BCUT2D eigenvalue weighted by atomic mass is 10.6. The number of likely N-dealkylation sites (N-methyl/N-ethyl adjacent to an activating group) is 1. The molecule has 0 spiro atoms. The third-order valence-electron chi connectivity index (χ3n) is 2.42. The fourth-order valence-corrected chi connectivity index (χ4v) is 2.86. The van der Waals surface area contributed by atoms with Gasteiger partial charge in [0.05, 0.1) is 0 Å². The van der Waals surface area contributed by atoms with E-state index in [0.29, 0.717) is 25.5 Å². The first-order chi connectivity index (χ1) is 7.43. The highest BCUT2D eigenvalue weighted by molar-refractivity contribution is 7.89. The smallest absolute Gasteiger partial charge is 0.262 e. The second-order valence-corrected chi connectivity index (χ2v) is 5.41. The zero-order valence-electron chi connectivity index (χ0n) is 9.84. The summed E-state index contributed by atoms with van der Waals surface area (Å²) < 4.78 is 27.2. The van der Waals surface area contributed by atoms with E-state index in [2.05, 4.69) is 4.98 Å². The molecule has 0 radical (unpaired) electrons. The fraction of sp³-hybridized carbons (Fsp3) is 0.667. The molecule has 92 valence electrons. The molecule has 7 heteroatoms. The van der Waals surface area contributed by atoms with E-state index in [1.807, 2.05) is 0 Å². The first-order valence-electron chi connectivity index (χ1n) is 5.13. The molecule has 6 nitrogen and oxygen atoms in total. The van der Waals surface area contributed by atoms with Crippen LogP contribution in [0.4, 0.5) is 0 Å². The van der Waals surface area contributed by atoms with E-state index in [0.717, 1.165) is 0 Å². The number of aromatic nitrogens is 2. The van der Waals surface area contributed by atoms with Gasteiger partial charge in [-0.05, 0) is 6.92 Å². The third-order valence-corrected chi connectivity index (χ3v) is 4.27. The standard InChI is InChI=1S/C9H18N4O2S/c1-4-13(6-5-10)16(14,15)9-7-12(3)8(2)11-9/h7H,4-6,10H2,1-3H3. The number of nitrogens with zero attached hydrogens (tertiary/aromatic N) is 3. The Morgan fingerprint density at radius 1 is 1.56 bits per heavy atom. The number of rotatable bonds is 5. The lowest BCUT2D eigenvalue weighted by molar-refractivity contribution is 0.433. The van der Waals surface area contributed by atoms with Gasteiger partial charge in [-0.3, -0.25) is 0 Å². The summed E-state index contributed by atoms with van der Waals surface area (Å²) >= 11 is 0. The zero-order valence-corrected chi connectivity index (χ0v) is 10.7. The fourth-order valence-electron chi connectivity index (χ4n) is 1.38. The molecule has 1 aromatic heterocycles. The SMILES string of the molecule is CCN(CCN)S(=O)(=O)c1cn(C)c(C)n1. The maximum absolute atomic E-state index is 12.1. The molecule has 0 amide bonds. The van der Waals surface area contributed by atoms with Gasteiger partial charge in [-0.1, -0.05) is 6.92 Å². The van der Waals surface area contributed by atoms with Crippen molar-refractivity contribution < 1.29 is 8.42 Å². The maximum atomic E-state index is 12.1. The molecule has 0 atom stereocenters. The van der Waals surface area contributed by atoms with Gasteiger partial charge in [0.25, 0.3) is 10.0 Å². The van der Waals surface area contributed by atoms with Crippen LogP contribution in [0, 0.1) is 6.92 Å². The number of hydrogen-bond donors (Lipinski definition) is 1. The minimum absolute atomic E-state index is 0.0859. The van der Waals surface area contributed by atoms with Gasteiger partial charge in [-0.15, -0.1) is 0 Å². The topological polar surface area (TPSA) is 81.2 Å². The van der Waals surface area contributed by atoms with Crippen LogP contribution in [0.5, 0.6) is 0 Å². The van der Waals surface area contributed by atoms with E-state index in [1.165, 1.54) is 10.5 Å². The second kappa shape index (κ2) is 4.94.